The number of carbonyl (C=O) groups is 2. The highest BCUT2D eigenvalue weighted by Crippen LogP contribution is 2.31. The molecule has 1 N–H and O–H groups in total. The summed E-state index contributed by atoms with van der Waals surface area (Å²) >= 11 is 0. The van der Waals surface area contributed by atoms with Crippen LogP contribution in [0, 0.1) is 0 Å². The van der Waals surface area contributed by atoms with E-state index in [0.717, 1.165) is 12.0 Å². The van der Waals surface area contributed by atoms with Gasteiger partial charge < -0.3 is 19.5 Å². The van der Waals surface area contributed by atoms with Crippen LogP contribution in [0.15, 0.2) is 48.5 Å². The highest BCUT2D eigenvalue weighted by Gasteiger charge is 2.17. The number of anilines is 1. The number of hydrogen-bond donors (Lipinski definition) is 1. The Morgan fingerprint density at radius 1 is 1.11 bits per heavy atom. The third-order valence-corrected chi connectivity index (χ3v) is 4.27. The molecule has 1 amide bonds. The van der Waals surface area contributed by atoms with Crippen LogP contribution in [0.25, 0.3) is 6.08 Å². The Bertz CT molecular complexity index is 873. The van der Waals surface area contributed by atoms with Crippen LogP contribution in [-0.4, -0.2) is 31.2 Å². The van der Waals surface area contributed by atoms with E-state index in [2.05, 4.69) is 12.2 Å². The van der Waals surface area contributed by atoms with E-state index < -0.39 is 12.1 Å². The molecular formula is C22H23NO5. The van der Waals surface area contributed by atoms with E-state index in [1.807, 2.05) is 30.3 Å². The van der Waals surface area contributed by atoms with Gasteiger partial charge in [-0.3, -0.25) is 4.79 Å². The molecule has 3 rings (SSSR count). The lowest BCUT2D eigenvalue weighted by atomic mass is 10.1. The van der Waals surface area contributed by atoms with Crippen molar-refractivity contribution in [3.63, 3.8) is 0 Å². The van der Waals surface area contributed by atoms with Crippen molar-refractivity contribution in [3.8, 4) is 11.5 Å². The van der Waals surface area contributed by atoms with Gasteiger partial charge in [-0.1, -0.05) is 25.1 Å². The van der Waals surface area contributed by atoms with Crippen LogP contribution in [0.3, 0.4) is 0 Å². The fourth-order valence-electron chi connectivity index (χ4n) is 2.66. The molecule has 1 atom stereocenters. The van der Waals surface area contributed by atoms with Gasteiger partial charge in [0.1, 0.15) is 13.2 Å². The molecule has 6 heteroatoms. The highest BCUT2D eigenvalue weighted by atomic mass is 16.6. The minimum Gasteiger partial charge on any atom is -0.486 e. The lowest BCUT2D eigenvalue weighted by Gasteiger charge is -2.18. The monoisotopic (exact) mass is 381 g/mol. The number of esters is 1. The van der Waals surface area contributed by atoms with Crippen LogP contribution in [0.4, 0.5) is 5.69 Å². The molecule has 1 aliphatic rings. The summed E-state index contributed by atoms with van der Waals surface area (Å²) < 4.78 is 16.1. The van der Waals surface area contributed by atoms with Crippen molar-refractivity contribution < 1.29 is 23.8 Å². The fraction of sp³-hybridized carbons (Fsp3) is 0.273. The zero-order valence-electron chi connectivity index (χ0n) is 15.9. The maximum Gasteiger partial charge on any atom is 0.331 e. The third-order valence-electron chi connectivity index (χ3n) is 4.27. The van der Waals surface area contributed by atoms with Gasteiger partial charge in [0, 0.05) is 11.8 Å². The van der Waals surface area contributed by atoms with E-state index in [1.165, 1.54) is 18.6 Å². The van der Waals surface area contributed by atoms with Gasteiger partial charge in [-0.2, -0.15) is 0 Å². The summed E-state index contributed by atoms with van der Waals surface area (Å²) in [6.07, 6.45) is 2.90. The number of hydrogen-bond acceptors (Lipinski definition) is 5. The molecule has 146 valence electrons. The summed E-state index contributed by atoms with van der Waals surface area (Å²) in [5.74, 6) is 0.344. The molecule has 0 bridgehead atoms. The summed E-state index contributed by atoms with van der Waals surface area (Å²) in [6.45, 7) is 4.62. The lowest BCUT2D eigenvalue weighted by Crippen LogP contribution is -2.29. The first-order chi connectivity index (χ1) is 13.5. The first-order valence-electron chi connectivity index (χ1n) is 9.23. The van der Waals surface area contributed by atoms with Gasteiger partial charge >= 0.3 is 5.97 Å². The standard InChI is InChI=1S/C22H23NO5/c1-3-16-4-8-18(9-5-16)23-22(25)15(2)28-21(24)11-7-17-6-10-19-20(14-17)27-13-12-26-19/h4-11,14-15H,3,12-13H2,1-2H3,(H,23,25)/b11-7+. The normalized spacial score (nSPS) is 13.8. The maximum atomic E-state index is 12.2. The van der Waals surface area contributed by atoms with Crippen molar-refractivity contribution >= 4 is 23.6 Å². The largest absolute Gasteiger partial charge is 0.486 e. The van der Waals surface area contributed by atoms with Crippen LogP contribution in [0.5, 0.6) is 11.5 Å². The molecule has 2 aromatic carbocycles. The van der Waals surface area contributed by atoms with Gasteiger partial charge in [0.25, 0.3) is 5.91 Å². The molecule has 28 heavy (non-hydrogen) atoms. The molecule has 1 unspecified atom stereocenters. The van der Waals surface area contributed by atoms with Crippen LogP contribution in [0.1, 0.15) is 25.0 Å². The molecule has 0 aliphatic carbocycles. The second-order valence-corrected chi connectivity index (χ2v) is 6.36. The van der Waals surface area contributed by atoms with Crippen molar-refractivity contribution in [2.45, 2.75) is 26.4 Å². The number of rotatable bonds is 6. The highest BCUT2D eigenvalue weighted by molar-refractivity contribution is 5.96. The Kier molecular flexibility index (Phi) is 6.32. The van der Waals surface area contributed by atoms with Gasteiger partial charge in [0.05, 0.1) is 0 Å². The summed E-state index contributed by atoms with van der Waals surface area (Å²) in [6, 6.07) is 12.9. The zero-order valence-corrected chi connectivity index (χ0v) is 15.9. The Balaban J connectivity index is 1.53. The van der Waals surface area contributed by atoms with Gasteiger partial charge in [-0.15, -0.1) is 0 Å². The minimum absolute atomic E-state index is 0.384. The number of carbonyl (C=O) groups excluding carboxylic acids is 2. The number of nitrogens with one attached hydrogen (secondary N) is 1. The first-order valence-corrected chi connectivity index (χ1v) is 9.23. The van der Waals surface area contributed by atoms with E-state index >= 15 is 0 Å². The topological polar surface area (TPSA) is 73.9 Å². The average Bonchev–Trinajstić information content (AvgIpc) is 2.72. The van der Waals surface area contributed by atoms with Gasteiger partial charge in [-0.05, 0) is 54.8 Å². The van der Waals surface area contributed by atoms with E-state index in [-0.39, 0.29) is 5.91 Å². The van der Waals surface area contributed by atoms with Crippen LogP contribution < -0.4 is 14.8 Å². The van der Waals surface area contributed by atoms with Crippen molar-refractivity contribution in [2.24, 2.45) is 0 Å². The predicted octanol–water partition coefficient (Wildman–Crippen LogP) is 3.60. The zero-order chi connectivity index (χ0) is 19.9. The quantitative estimate of drug-likeness (QED) is 0.611. The van der Waals surface area contributed by atoms with Crippen molar-refractivity contribution in [2.75, 3.05) is 18.5 Å². The van der Waals surface area contributed by atoms with Crippen molar-refractivity contribution in [1.29, 1.82) is 0 Å². The maximum absolute atomic E-state index is 12.2. The van der Waals surface area contributed by atoms with Gasteiger partial charge in [0.2, 0.25) is 0 Å². The molecule has 0 aromatic heterocycles. The first kappa shape index (κ1) is 19.5. The molecule has 1 heterocycles. The SMILES string of the molecule is CCc1ccc(NC(=O)C(C)OC(=O)/C=C/c2ccc3c(c2)OCCO3)cc1. The molecule has 0 saturated carbocycles. The molecule has 0 spiro atoms. The minimum atomic E-state index is -0.914. The van der Waals surface area contributed by atoms with Gasteiger partial charge in [0.15, 0.2) is 17.6 Å². The Morgan fingerprint density at radius 2 is 1.82 bits per heavy atom. The van der Waals surface area contributed by atoms with Crippen molar-refractivity contribution in [3.05, 3.63) is 59.7 Å². The second kappa shape index (κ2) is 9.08. The second-order valence-electron chi connectivity index (χ2n) is 6.36. The lowest BCUT2D eigenvalue weighted by molar-refractivity contribution is -0.148. The molecule has 0 radical (unpaired) electrons. The molecule has 6 nitrogen and oxygen atoms in total. The summed E-state index contributed by atoms with van der Waals surface area (Å²) in [5.41, 5.74) is 2.62. The average molecular weight is 381 g/mol. The Morgan fingerprint density at radius 3 is 2.54 bits per heavy atom. The molecule has 1 aliphatic heterocycles. The van der Waals surface area contributed by atoms with E-state index in [9.17, 15) is 9.59 Å². The molecule has 0 saturated heterocycles. The summed E-state index contributed by atoms with van der Waals surface area (Å²) in [4.78, 5) is 24.2. The van der Waals surface area contributed by atoms with Crippen LogP contribution in [0.2, 0.25) is 0 Å². The van der Waals surface area contributed by atoms with E-state index in [1.54, 1.807) is 18.2 Å². The van der Waals surface area contributed by atoms with Crippen LogP contribution in [-0.2, 0) is 20.7 Å². The predicted molar refractivity (Wildman–Crippen MR) is 106 cm³/mol. The number of amides is 1. The Labute approximate surface area is 164 Å². The summed E-state index contributed by atoms with van der Waals surface area (Å²) in [5, 5.41) is 2.74. The smallest absolute Gasteiger partial charge is 0.331 e. The van der Waals surface area contributed by atoms with E-state index in [0.29, 0.717) is 30.4 Å². The molecular weight excluding hydrogens is 358 g/mol. The van der Waals surface area contributed by atoms with E-state index in [4.69, 9.17) is 14.2 Å². The number of ether oxygens (including phenoxy) is 3. The molecule has 2 aromatic rings. The summed E-state index contributed by atoms with van der Waals surface area (Å²) in [7, 11) is 0. The Hall–Kier alpha value is -3.28. The van der Waals surface area contributed by atoms with Crippen LogP contribution >= 0.6 is 0 Å². The van der Waals surface area contributed by atoms with Gasteiger partial charge in [-0.25, -0.2) is 4.79 Å². The fourth-order valence-corrected chi connectivity index (χ4v) is 2.66. The number of fused-ring (bicyclic) bond motifs is 1. The molecule has 0 fully saturated rings. The number of benzene rings is 2. The third kappa shape index (κ3) is 5.13. The number of aryl methyl sites for hydroxylation is 1. The van der Waals surface area contributed by atoms with Crippen molar-refractivity contribution in [1.82, 2.24) is 0 Å².